The summed E-state index contributed by atoms with van der Waals surface area (Å²) < 4.78 is 7.97. The number of nitrogens with two attached hydrogens (primary N) is 1. The Hall–Kier alpha value is -3.25. The summed E-state index contributed by atoms with van der Waals surface area (Å²) in [4.78, 5) is 25.2. The normalized spacial score (nSPS) is 27.5. The van der Waals surface area contributed by atoms with E-state index in [1.54, 1.807) is 12.4 Å². The number of hydrogen-bond donors (Lipinski definition) is 1. The third-order valence-electron chi connectivity index (χ3n) is 6.18. The first-order valence-electron chi connectivity index (χ1n) is 9.85. The van der Waals surface area contributed by atoms with Gasteiger partial charge in [-0.05, 0) is 25.7 Å². The molecule has 1 aliphatic carbocycles. The van der Waals surface area contributed by atoms with Crippen LogP contribution in [0, 0.1) is 18.3 Å². The second kappa shape index (κ2) is 5.87. The van der Waals surface area contributed by atoms with E-state index in [1.807, 2.05) is 6.92 Å². The van der Waals surface area contributed by atoms with Crippen molar-refractivity contribution < 1.29 is 4.74 Å². The van der Waals surface area contributed by atoms with E-state index in [1.165, 1.54) is 12.8 Å². The summed E-state index contributed by atoms with van der Waals surface area (Å²) in [6.45, 7) is 3.50. The fraction of sp³-hybridized carbons (Fsp3) is 0.450. The van der Waals surface area contributed by atoms with Crippen LogP contribution in [0.4, 0.5) is 11.8 Å². The maximum atomic E-state index is 5.90. The number of ether oxygens (including phenoxy) is 1. The molecular weight excluding hydrogens is 368 g/mol. The van der Waals surface area contributed by atoms with E-state index in [2.05, 4.69) is 25.4 Å². The highest BCUT2D eigenvalue weighted by Crippen LogP contribution is 2.45. The number of rotatable bonds is 2. The summed E-state index contributed by atoms with van der Waals surface area (Å²) in [6, 6.07) is 0.527. The molecule has 9 heteroatoms. The third kappa shape index (κ3) is 2.42. The van der Waals surface area contributed by atoms with Crippen LogP contribution in [0.2, 0.25) is 0 Å². The summed E-state index contributed by atoms with van der Waals surface area (Å²) in [6.07, 6.45) is 10.9. The molecule has 0 unspecified atom stereocenters. The zero-order valence-corrected chi connectivity index (χ0v) is 16.0. The molecule has 1 saturated carbocycles. The molecule has 6 heterocycles. The minimum Gasteiger partial charge on any atom is -0.368 e. The molecular formula is C20H20N8O. The molecule has 9 nitrogen and oxygen atoms in total. The van der Waals surface area contributed by atoms with Gasteiger partial charge in [-0.25, -0.2) is 24.9 Å². The van der Waals surface area contributed by atoms with Crippen LogP contribution in [0.5, 0.6) is 0 Å². The van der Waals surface area contributed by atoms with Gasteiger partial charge in [0.1, 0.15) is 18.0 Å². The fourth-order valence-electron chi connectivity index (χ4n) is 4.68. The van der Waals surface area contributed by atoms with Gasteiger partial charge in [-0.15, -0.1) is 6.42 Å². The maximum Gasteiger partial charge on any atom is 0.219 e. The smallest absolute Gasteiger partial charge is 0.219 e. The maximum absolute atomic E-state index is 5.90. The third-order valence-corrected chi connectivity index (χ3v) is 6.18. The molecule has 146 valence electrons. The van der Waals surface area contributed by atoms with Crippen molar-refractivity contribution in [2.75, 3.05) is 17.2 Å². The standard InChI is InChI=1S/C20H20N8O/c1-3-14-9-28-17(10(2)29-14)24-15-18(27-8-11-4-13(27)5-11)25-16(26-19(15)28)12-6-22-20(21)23-7-12/h1,6-7,10-11,13-14H,4-5,8-9H2,2H3,(H2,21,22,23)/t10-,11?,13?,14-/m1/s1. The van der Waals surface area contributed by atoms with Crippen molar-refractivity contribution in [1.29, 1.82) is 0 Å². The molecule has 2 saturated heterocycles. The van der Waals surface area contributed by atoms with Crippen LogP contribution in [-0.4, -0.2) is 48.2 Å². The number of nitrogens with zero attached hydrogens (tertiary/aromatic N) is 7. The second-order valence-corrected chi connectivity index (χ2v) is 8.03. The molecule has 4 aliphatic rings. The molecule has 7 rings (SSSR count). The average molecular weight is 388 g/mol. The van der Waals surface area contributed by atoms with Crippen LogP contribution in [0.3, 0.4) is 0 Å². The molecule has 3 aliphatic heterocycles. The van der Waals surface area contributed by atoms with Gasteiger partial charge in [-0.1, -0.05) is 5.92 Å². The predicted molar refractivity (Wildman–Crippen MR) is 107 cm³/mol. The first kappa shape index (κ1) is 16.7. The lowest BCUT2D eigenvalue weighted by Crippen LogP contribution is -2.29. The van der Waals surface area contributed by atoms with Gasteiger partial charge in [0.2, 0.25) is 5.95 Å². The van der Waals surface area contributed by atoms with Gasteiger partial charge in [-0.3, -0.25) is 0 Å². The molecule has 0 radical (unpaired) electrons. The Morgan fingerprint density at radius 1 is 1.17 bits per heavy atom. The van der Waals surface area contributed by atoms with E-state index >= 15 is 0 Å². The first-order valence-corrected chi connectivity index (χ1v) is 9.85. The molecule has 3 aromatic heterocycles. The van der Waals surface area contributed by atoms with Crippen LogP contribution in [0.15, 0.2) is 12.4 Å². The van der Waals surface area contributed by atoms with Crippen LogP contribution in [0.25, 0.3) is 22.6 Å². The van der Waals surface area contributed by atoms with E-state index in [4.69, 9.17) is 31.8 Å². The van der Waals surface area contributed by atoms with E-state index < -0.39 is 0 Å². The molecule has 29 heavy (non-hydrogen) atoms. The van der Waals surface area contributed by atoms with Gasteiger partial charge in [-0.2, -0.15) is 0 Å². The average Bonchev–Trinajstić information content (AvgIpc) is 3.40. The van der Waals surface area contributed by atoms with Gasteiger partial charge in [0.25, 0.3) is 0 Å². The van der Waals surface area contributed by atoms with Crippen LogP contribution >= 0.6 is 0 Å². The van der Waals surface area contributed by atoms with Crippen molar-refractivity contribution >= 4 is 22.9 Å². The van der Waals surface area contributed by atoms with Crippen molar-refractivity contribution in [1.82, 2.24) is 29.5 Å². The fourth-order valence-corrected chi connectivity index (χ4v) is 4.68. The lowest BCUT2D eigenvalue weighted by Gasteiger charge is -2.27. The number of nitrogen functional groups attached to an aromatic ring is 1. The molecule has 0 spiro atoms. The Kier molecular flexibility index (Phi) is 3.38. The van der Waals surface area contributed by atoms with Crippen molar-refractivity contribution in [2.24, 2.45) is 5.92 Å². The number of anilines is 2. The van der Waals surface area contributed by atoms with Crippen LogP contribution in [0.1, 0.15) is 31.7 Å². The van der Waals surface area contributed by atoms with Gasteiger partial charge in [0.15, 0.2) is 22.8 Å². The van der Waals surface area contributed by atoms with Gasteiger partial charge in [0.05, 0.1) is 12.1 Å². The van der Waals surface area contributed by atoms with Crippen LogP contribution < -0.4 is 10.6 Å². The van der Waals surface area contributed by atoms with E-state index in [0.717, 1.165) is 40.8 Å². The number of aromatic nitrogens is 6. The number of fused-ring (bicyclic) bond motifs is 4. The Morgan fingerprint density at radius 2 is 1.97 bits per heavy atom. The number of hydrogen-bond acceptors (Lipinski definition) is 8. The molecule has 3 aromatic rings. The van der Waals surface area contributed by atoms with E-state index in [0.29, 0.717) is 18.4 Å². The number of terminal acetylenes is 1. The summed E-state index contributed by atoms with van der Waals surface area (Å²) >= 11 is 0. The first-order chi connectivity index (χ1) is 14.1. The Morgan fingerprint density at radius 3 is 2.66 bits per heavy atom. The molecule has 0 amide bonds. The predicted octanol–water partition coefficient (Wildman–Crippen LogP) is 1.56. The van der Waals surface area contributed by atoms with Crippen molar-refractivity contribution in [2.45, 2.75) is 44.6 Å². The lowest BCUT2D eigenvalue weighted by atomic mass is 9.86. The zero-order valence-electron chi connectivity index (χ0n) is 16.0. The zero-order chi connectivity index (χ0) is 19.7. The highest BCUT2D eigenvalue weighted by molar-refractivity contribution is 5.87. The monoisotopic (exact) mass is 388 g/mol. The summed E-state index contributed by atoms with van der Waals surface area (Å²) in [7, 11) is 0. The van der Waals surface area contributed by atoms with Crippen molar-refractivity contribution in [3.63, 3.8) is 0 Å². The summed E-state index contributed by atoms with van der Waals surface area (Å²) in [5, 5.41) is 0. The molecule has 2 atom stereocenters. The number of imidazole rings is 1. The Balaban J connectivity index is 1.58. The highest BCUT2D eigenvalue weighted by atomic mass is 16.5. The second-order valence-electron chi connectivity index (χ2n) is 8.03. The topological polar surface area (TPSA) is 108 Å². The van der Waals surface area contributed by atoms with Gasteiger partial charge in [0, 0.05) is 25.0 Å². The SMILES string of the molecule is C#C[C@@H]1Cn2c(nc3c(N4CC5CC4C5)nc(-c4cnc(N)nc4)nc32)[C@@H](C)O1. The van der Waals surface area contributed by atoms with Gasteiger partial charge >= 0.3 is 0 Å². The molecule has 0 aromatic carbocycles. The van der Waals surface area contributed by atoms with Gasteiger partial charge < -0.3 is 19.9 Å². The molecule has 2 N–H and O–H groups in total. The molecule has 2 bridgehead atoms. The largest absolute Gasteiger partial charge is 0.368 e. The van der Waals surface area contributed by atoms with Crippen molar-refractivity contribution in [3.8, 4) is 23.7 Å². The summed E-state index contributed by atoms with van der Waals surface area (Å²) in [5.41, 5.74) is 7.95. The Bertz CT molecular complexity index is 1160. The van der Waals surface area contributed by atoms with Crippen molar-refractivity contribution in [3.05, 3.63) is 18.2 Å². The summed E-state index contributed by atoms with van der Waals surface area (Å²) in [5.74, 6) is 5.95. The highest BCUT2D eigenvalue weighted by Gasteiger charge is 2.44. The quantitative estimate of drug-likeness (QED) is 0.659. The van der Waals surface area contributed by atoms with E-state index in [-0.39, 0.29) is 18.2 Å². The molecule has 3 fully saturated rings. The minimum atomic E-state index is -0.309. The Labute approximate surface area is 167 Å². The van der Waals surface area contributed by atoms with Crippen LogP contribution in [-0.2, 0) is 11.3 Å². The lowest BCUT2D eigenvalue weighted by molar-refractivity contribution is -0.00801. The van der Waals surface area contributed by atoms with E-state index in [9.17, 15) is 0 Å². The minimum absolute atomic E-state index is 0.206.